The first-order valence-corrected chi connectivity index (χ1v) is 7.21. The Kier molecular flexibility index (Phi) is 10.0. The lowest BCUT2D eigenvalue weighted by atomic mass is 10.1. The molecule has 0 aliphatic rings. The molecule has 6 nitrogen and oxygen atoms in total. The Labute approximate surface area is 120 Å². The van der Waals surface area contributed by atoms with E-state index in [1.807, 2.05) is 13.8 Å². The lowest BCUT2D eigenvalue weighted by Gasteiger charge is -2.19. The number of unbranched alkanes of at least 4 members (excludes halogenated alkanes) is 2. The third-order valence-corrected chi connectivity index (χ3v) is 2.73. The van der Waals surface area contributed by atoms with Crippen molar-refractivity contribution in [3.05, 3.63) is 0 Å². The summed E-state index contributed by atoms with van der Waals surface area (Å²) in [4.78, 5) is 22.7. The van der Waals surface area contributed by atoms with Gasteiger partial charge < -0.3 is 19.7 Å². The average molecular weight is 290 g/mol. The minimum Gasteiger partial charge on any atom is -0.466 e. The van der Waals surface area contributed by atoms with E-state index in [-0.39, 0.29) is 25.9 Å². The van der Waals surface area contributed by atoms with Crippen LogP contribution in [0.4, 0.5) is 0 Å². The Morgan fingerprint density at radius 2 is 1.50 bits per heavy atom. The summed E-state index contributed by atoms with van der Waals surface area (Å²) >= 11 is 0. The van der Waals surface area contributed by atoms with Crippen molar-refractivity contribution in [3.63, 3.8) is 0 Å². The number of aliphatic hydroxyl groups is 2. The first-order valence-electron chi connectivity index (χ1n) is 7.21. The summed E-state index contributed by atoms with van der Waals surface area (Å²) in [6.07, 6.45) is 3.22. The second-order valence-electron chi connectivity index (χ2n) is 4.73. The molecule has 0 aliphatic heterocycles. The zero-order valence-corrected chi connectivity index (χ0v) is 12.4. The van der Waals surface area contributed by atoms with Gasteiger partial charge in [0.05, 0.1) is 13.2 Å². The zero-order valence-electron chi connectivity index (χ0n) is 12.4. The highest BCUT2D eigenvalue weighted by atomic mass is 16.6. The molecule has 0 bridgehead atoms. The summed E-state index contributed by atoms with van der Waals surface area (Å²) in [7, 11) is 0. The van der Waals surface area contributed by atoms with Gasteiger partial charge in [-0.1, -0.05) is 26.7 Å². The molecule has 0 aromatic heterocycles. The summed E-state index contributed by atoms with van der Waals surface area (Å²) in [6.45, 7) is 4.46. The van der Waals surface area contributed by atoms with Gasteiger partial charge in [0.2, 0.25) is 0 Å². The van der Waals surface area contributed by atoms with E-state index < -0.39 is 17.7 Å². The van der Waals surface area contributed by atoms with Gasteiger partial charge in [-0.25, -0.2) is 4.79 Å². The van der Waals surface area contributed by atoms with Gasteiger partial charge in [-0.15, -0.1) is 0 Å². The molecule has 0 aromatic carbocycles. The third-order valence-electron chi connectivity index (χ3n) is 2.73. The van der Waals surface area contributed by atoms with E-state index in [2.05, 4.69) is 0 Å². The predicted molar refractivity (Wildman–Crippen MR) is 72.8 cm³/mol. The first-order chi connectivity index (χ1) is 9.44. The SMILES string of the molecule is CCCCOC(=O)CCCC(O)(O)C(=O)OCCCC. The van der Waals surface area contributed by atoms with Crippen LogP contribution < -0.4 is 0 Å². The number of carbonyl (C=O) groups is 2. The first kappa shape index (κ1) is 18.9. The van der Waals surface area contributed by atoms with Gasteiger partial charge in [-0.2, -0.15) is 0 Å². The van der Waals surface area contributed by atoms with E-state index in [0.29, 0.717) is 13.0 Å². The zero-order chi connectivity index (χ0) is 15.4. The summed E-state index contributed by atoms with van der Waals surface area (Å²) in [5.41, 5.74) is 0. The normalized spacial score (nSPS) is 11.2. The van der Waals surface area contributed by atoms with Crippen LogP contribution in [0.5, 0.6) is 0 Å². The van der Waals surface area contributed by atoms with Crippen molar-refractivity contribution >= 4 is 11.9 Å². The Morgan fingerprint density at radius 1 is 0.950 bits per heavy atom. The van der Waals surface area contributed by atoms with E-state index in [0.717, 1.165) is 19.3 Å². The van der Waals surface area contributed by atoms with Crippen molar-refractivity contribution in [2.45, 2.75) is 64.6 Å². The van der Waals surface area contributed by atoms with Gasteiger partial charge in [0, 0.05) is 12.8 Å². The van der Waals surface area contributed by atoms with Crippen LogP contribution in [-0.4, -0.2) is 41.2 Å². The van der Waals surface area contributed by atoms with Crippen LogP contribution >= 0.6 is 0 Å². The molecular formula is C14H26O6. The summed E-state index contributed by atoms with van der Waals surface area (Å²) in [6, 6.07) is 0. The van der Waals surface area contributed by atoms with Crippen LogP contribution in [0, 0.1) is 0 Å². The summed E-state index contributed by atoms with van der Waals surface area (Å²) < 4.78 is 9.65. The van der Waals surface area contributed by atoms with Crippen LogP contribution in [0.3, 0.4) is 0 Å². The fourth-order valence-electron chi connectivity index (χ4n) is 1.41. The van der Waals surface area contributed by atoms with Gasteiger partial charge in [0.15, 0.2) is 0 Å². The molecule has 0 atom stereocenters. The van der Waals surface area contributed by atoms with Crippen LogP contribution in [0.15, 0.2) is 0 Å². The number of ether oxygens (including phenoxy) is 2. The molecule has 0 amide bonds. The van der Waals surface area contributed by atoms with Gasteiger partial charge in [0.25, 0.3) is 5.79 Å². The smallest absolute Gasteiger partial charge is 0.366 e. The fraction of sp³-hybridized carbons (Fsp3) is 0.857. The van der Waals surface area contributed by atoms with Crippen molar-refractivity contribution in [1.29, 1.82) is 0 Å². The van der Waals surface area contributed by atoms with Crippen molar-refractivity contribution in [1.82, 2.24) is 0 Å². The molecule has 0 heterocycles. The van der Waals surface area contributed by atoms with Crippen LogP contribution in [0.2, 0.25) is 0 Å². The molecule has 0 radical (unpaired) electrons. The molecule has 0 spiro atoms. The molecule has 0 fully saturated rings. The number of esters is 2. The number of hydrogen-bond acceptors (Lipinski definition) is 6. The van der Waals surface area contributed by atoms with E-state index in [9.17, 15) is 19.8 Å². The molecule has 0 unspecified atom stereocenters. The molecule has 0 saturated heterocycles. The molecule has 0 rings (SSSR count). The van der Waals surface area contributed by atoms with Crippen LogP contribution in [0.25, 0.3) is 0 Å². The second kappa shape index (κ2) is 10.6. The predicted octanol–water partition coefficient (Wildman–Crippen LogP) is 1.52. The highest BCUT2D eigenvalue weighted by Crippen LogP contribution is 2.14. The van der Waals surface area contributed by atoms with E-state index >= 15 is 0 Å². The highest BCUT2D eigenvalue weighted by molar-refractivity contribution is 5.77. The molecule has 0 aromatic rings. The van der Waals surface area contributed by atoms with Crippen molar-refractivity contribution in [2.24, 2.45) is 0 Å². The monoisotopic (exact) mass is 290 g/mol. The lowest BCUT2D eigenvalue weighted by molar-refractivity contribution is -0.212. The maximum Gasteiger partial charge on any atom is 0.366 e. The van der Waals surface area contributed by atoms with E-state index in [1.54, 1.807) is 0 Å². The minimum absolute atomic E-state index is 0.0504. The molecule has 0 aliphatic carbocycles. The Bertz CT molecular complexity index is 287. The quantitative estimate of drug-likeness (QED) is 0.340. The molecule has 0 saturated carbocycles. The highest BCUT2D eigenvalue weighted by Gasteiger charge is 2.34. The minimum atomic E-state index is -2.53. The Balaban J connectivity index is 3.85. The number of hydrogen-bond donors (Lipinski definition) is 2. The van der Waals surface area contributed by atoms with Gasteiger partial charge in [0.1, 0.15) is 0 Å². The van der Waals surface area contributed by atoms with Crippen molar-refractivity contribution in [3.8, 4) is 0 Å². The number of rotatable bonds is 11. The third kappa shape index (κ3) is 8.87. The lowest BCUT2D eigenvalue weighted by Crippen LogP contribution is -2.40. The average Bonchev–Trinajstić information content (AvgIpc) is 2.39. The van der Waals surface area contributed by atoms with Crippen molar-refractivity contribution < 1.29 is 29.3 Å². The molecular weight excluding hydrogens is 264 g/mol. The van der Waals surface area contributed by atoms with E-state index in [4.69, 9.17) is 9.47 Å². The molecule has 6 heteroatoms. The number of carbonyl (C=O) groups excluding carboxylic acids is 2. The maximum absolute atomic E-state index is 11.4. The second-order valence-corrected chi connectivity index (χ2v) is 4.73. The van der Waals surface area contributed by atoms with E-state index in [1.165, 1.54) is 0 Å². The molecule has 2 N–H and O–H groups in total. The Hall–Kier alpha value is -1.14. The maximum atomic E-state index is 11.4. The topological polar surface area (TPSA) is 93.1 Å². The van der Waals surface area contributed by atoms with Crippen LogP contribution in [-0.2, 0) is 19.1 Å². The summed E-state index contributed by atoms with van der Waals surface area (Å²) in [5, 5.41) is 19.1. The van der Waals surface area contributed by atoms with Gasteiger partial charge >= 0.3 is 11.9 Å². The molecule has 20 heavy (non-hydrogen) atoms. The van der Waals surface area contributed by atoms with Crippen molar-refractivity contribution in [2.75, 3.05) is 13.2 Å². The largest absolute Gasteiger partial charge is 0.466 e. The standard InChI is InChI=1S/C14H26O6/c1-3-5-10-19-12(15)8-7-9-14(17,18)13(16)20-11-6-4-2/h17-18H,3-11H2,1-2H3. The van der Waals surface area contributed by atoms with Gasteiger partial charge in [-0.3, -0.25) is 4.79 Å². The van der Waals surface area contributed by atoms with Crippen LogP contribution in [0.1, 0.15) is 58.8 Å². The summed E-state index contributed by atoms with van der Waals surface area (Å²) in [5.74, 6) is -3.99. The van der Waals surface area contributed by atoms with Gasteiger partial charge in [-0.05, 0) is 19.3 Å². The fourth-order valence-corrected chi connectivity index (χ4v) is 1.41. The Morgan fingerprint density at radius 3 is 2.05 bits per heavy atom. The molecule has 118 valence electrons.